The van der Waals surface area contributed by atoms with Crippen molar-refractivity contribution in [3.63, 3.8) is 0 Å². The number of carbonyl (C=O) groups is 1. The maximum Gasteiger partial charge on any atom is 0.407 e. The predicted molar refractivity (Wildman–Crippen MR) is 103 cm³/mol. The first kappa shape index (κ1) is 20.6. The van der Waals surface area contributed by atoms with Gasteiger partial charge in [0.05, 0.1) is 13.2 Å². The van der Waals surface area contributed by atoms with Crippen LogP contribution in [0.3, 0.4) is 0 Å². The highest BCUT2D eigenvalue weighted by Gasteiger charge is 2.15. The topological polar surface area (TPSA) is 77.0 Å². The fourth-order valence-corrected chi connectivity index (χ4v) is 2.25. The lowest BCUT2D eigenvalue weighted by atomic mass is 10.2. The quantitative estimate of drug-likeness (QED) is 0.691. The molecule has 0 aliphatic rings. The normalized spacial score (nSPS) is 11.0. The van der Waals surface area contributed by atoms with Gasteiger partial charge in [0.2, 0.25) is 0 Å². The van der Waals surface area contributed by atoms with Crippen LogP contribution in [-0.4, -0.2) is 30.0 Å². The Morgan fingerprint density at radius 2 is 1.74 bits per heavy atom. The molecule has 2 aromatic carbocycles. The van der Waals surface area contributed by atoms with E-state index in [4.69, 9.17) is 14.2 Å². The Morgan fingerprint density at radius 3 is 2.41 bits per heavy atom. The SMILES string of the molecule is CC(C)(C)OC(=O)NCCOc1cc(CO)ccc1OCc1ccccc1. The predicted octanol–water partition coefficient (Wildman–Crippen LogP) is 3.66. The molecule has 0 unspecified atom stereocenters. The van der Waals surface area contributed by atoms with Crippen LogP contribution in [0.25, 0.3) is 0 Å². The zero-order valence-corrected chi connectivity index (χ0v) is 16.0. The highest BCUT2D eigenvalue weighted by molar-refractivity contribution is 5.67. The Morgan fingerprint density at radius 1 is 1.00 bits per heavy atom. The van der Waals surface area contributed by atoms with Gasteiger partial charge in [-0.25, -0.2) is 4.79 Å². The molecule has 27 heavy (non-hydrogen) atoms. The van der Waals surface area contributed by atoms with E-state index in [0.717, 1.165) is 11.1 Å². The lowest BCUT2D eigenvalue weighted by Gasteiger charge is -2.20. The molecular weight excluding hydrogens is 346 g/mol. The largest absolute Gasteiger partial charge is 0.488 e. The number of aliphatic hydroxyl groups excluding tert-OH is 1. The summed E-state index contributed by atoms with van der Waals surface area (Å²) < 4.78 is 16.8. The molecule has 146 valence electrons. The van der Waals surface area contributed by atoms with Gasteiger partial charge in [-0.05, 0) is 44.0 Å². The zero-order chi connectivity index (χ0) is 19.7. The van der Waals surface area contributed by atoms with Gasteiger partial charge in [0.25, 0.3) is 0 Å². The molecule has 0 spiro atoms. The molecule has 0 bridgehead atoms. The Bertz CT molecular complexity index is 725. The summed E-state index contributed by atoms with van der Waals surface area (Å²) in [6.45, 7) is 6.27. The number of carbonyl (C=O) groups excluding carboxylic acids is 1. The molecule has 0 saturated carbocycles. The number of ether oxygens (including phenoxy) is 3. The van der Waals surface area contributed by atoms with Crippen molar-refractivity contribution in [1.82, 2.24) is 5.32 Å². The molecule has 0 heterocycles. The maximum atomic E-state index is 11.7. The molecule has 2 rings (SSSR count). The first-order chi connectivity index (χ1) is 12.9. The van der Waals surface area contributed by atoms with E-state index in [1.807, 2.05) is 30.3 Å². The second-order valence-electron chi connectivity index (χ2n) is 6.99. The number of rotatable bonds is 8. The number of hydrogen-bond donors (Lipinski definition) is 2. The summed E-state index contributed by atoms with van der Waals surface area (Å²) in [6, 6.07) is 15.1. The highest BCUT2D eigenvalue weighted by atomic mass is 16.6. The van der Waals surface area contributed by atoms with Crippen LogP contribution in [0.15, 0.2) is 48.5 Å². The van der Waals surface area contributed by atoms with E-state index in [9.17, 15) is 9.90 Å². The summed E-state index contributed by atoms with van der Waals surface area (Å²) in [5.74, 6) is 1.09. The van der Waals surface area contributed by atoms with Gasteiger partial charge in [-0.15, -0.1) is 0 Å². The third-order valence-electron chi connectivity index (χ3n) is 3.46. The van der Waals surface area contributed by atoms with E-state index in [0.29, 0.717) is 18.1 Å². The van der Waals surface area contributed by atoms with E-state index in [1.54, 1.807) is 39.0 Å². The van der Waals surface area contributed by atoms with E-state index >= 15 is 0 Å². The average molecular weight is 373 g/mol. The summed E-state index contributed by atoms with van der Waals surface area (Å²) in [7, 11) is 0. The van der Waals surface area contributed by atoms with Crippen molar-refractivity contribution in [2.75, 3.05) is 13.2 Å². The Balaban J connectivity index is 1.90. The summed E-state index contributed by atoms with van der Waals surface area (Å²) in [6.07, 6.45) is -0.490. The molecule has 0 aromatic heterocycles. The van der Waals surface area contributed by atoms with Crippen molar-refractivity contribution in [1.29, 1.82) is 0 Å². The van der Waals surface area contributed by atoms with Crippen LogP contribution in [0, 0.1) is 0 Å². The Kier molecular flexibility index (Phi) is 7.49. The van der Waals surface area contributed by atoms with Crippen LogP contribution in [0.2, 0.25) is 0 Å². The van der Waals surface area contributed by atoms with Crippen molar-refractivity contribution in [2.45, 2.75) is 39.6 Å². The van der Waals surface area contributed by atoms with Crippen LogP contribution in [0.5, 0.6) is 11.5 Å². The molecule has 1 amide bonds. The first-order valence-corrected chi connectivity index (χ1v) is 8.87. The number of aliphatic hydroxyl groups is 1. The minimum Gasteiger partial charge on any atom is -0.488 e. The van der Waals surface area contributed by atoms with Gasteiger partial charge in [0, 0.05) is 0 Å². The van der Waals surface area contributed by atoms with Crippen molar-refractivity contribution in [3.8, 4) is 11.5 Å². The number of amides is 1. The van der Waals surface area contributed by atoms with E-state index in [1.165, 1.54) is 0 Å². The number of hydrogen-bond acceptors (Lipinski definition) is 5. The number of alkyl carbamates (subject to hydrolysis) is 1. The molecule has 6 heteroatoms. The Labute approximate surface area is 160 Å². The van der Waals surface area contributed by atoms with Gasteiger partial charge in [0.15, 0.2) is 11.5 Å². The second-order valence-corrected chi connectivity index (χ2v) is 6.99. The third kappa shape index (κ3) is 7.58. The highest BCUT2D eigenvalue weighted by Crippen LogP contribution is 2.29. The van der Waals surface area contributed by atoms with Gasteiger partial charge in [0.1, 0.15) is 18.8 Å². The second kappa shape index (κ2) is 9.83. The minimum atomic E-state index is -0.543. The van der Waals surface area contributed by atoms with E-state index in [-0.39, 0.29) is 19.8 Å². The van der Waals surface area contributed by atoms with Crippen LogP contribution < -0.4 is 14.8 Å². The van der Waals surface area contributed by atoms with Gasteiger partial charge < -0.3 is 24.6 Å². The van der Waals surface area contributed by atoms with Crippen LogP contribution >= 0.6 is 0 Å². The standard InChI is InChI=1S/C21H27NO5/c1-21(2,3)27-20(24)22-11-12-25-19-13-17(14-23)9-10-18(19)26-15-16-7-5-4-6-8-16/h4-10,13,23H,11-12,14-15H2,1-3H3,(H,22,24). The number of nitrogens with one attached hydrogen (secondary N) is 1. The van der Waals surface area contributed by atoms with E-state index < -0.39 is 11.7 Å². The molecule has 0 aliphatic heterocycles. The number of benzene rings is 2. The van der Waals surface area contributed by atoms with Crippen LogP contribution in [0.1, 0.15) is 31.9 Å². The van der Waals surface area contributed by atoms with Gasteiger partial charge >= 0.3 is 6.09 Å². The fourth-order valence-electron chi connectivity index (χ4n) is 2.25. The first-order valence-electron chi connectivity index (χ1n) is 8.87. The van der Waals surface area contributed by atoms with Gasteiger partial charge in [-0.2, -0.15) is 0 Å². The molecule has 2 N–H and O–H groups in total. The van der Waals surface area contributed by atoms with Gasteiger partial charge in [-0.3, -0.25) is 0 Å². The molecule has 2 aromatic rings. The summed E-state index contributed by atoms with van der Waals surface area (Å²) in [4.78, 5) is 11.7. The molecule has 6 nitrogen and oxygen atoms in total. The molecular formula is C21H27NO5. The van der Waals surface area contributed by atoms with Gasteiger partial charge in [-0.1, -0.05) is 36.4 Å². The average Bonchev–Trinajstić information content (AvgIpc) is 2.63. The molecule has 0 aliphatic carbocycles. The third-order valence-corrected chi connectivity index (χ3v) is 3.46. The summed E-state index contributed by atoms with van der Waals surface area (Å²) >= 11 is 0. The summed E-state index contributed by atoms with van der Waals surface area (Å²) in [5, 5.41) is 12.0. The maximum absolute atomic E-state index is 11.7. The minimum absolute atomic E-state index is 0.0918. The van der Waals surface area contributed by atoms with Crippen molar-refractivity contribution < 1.29 is 24.1 Å². The van der Waals surface area contributed by atoms with Crippen molar-refractivity contribution >= 4 is 6.09 Å². The lowest BCUT2D eigenvalue weighted by Crippen LogP contribution is -2.34. The van der Waals surface area contributed by atoms with Crippen LogP contribution in [-0.2, 0) is 18.0 Å². The van der Waals surface area contributed by atoms with Crippen LogP contribution in [0.4, 0.5) is 4.79 Å². The van der Waals surface area contributed by atoms with Crippen molar-refractivity contribution in [2.24, 2.45) is 0 Å². The lowest BCUT2D eigenvalue weighted by molar-refractivity contribution is 0.0520. The van der Waals surface area contributed by atoms with Crippen molar-refractivity contribution in [3.05, 3.63) is 59.7 Å². The fraction of sp³-hybridized carbons (Fsp3) is 0.381. The van der Waals surface area contributed by atoms with E-state index in [2.05, 4.69) is 5.32 Å². The molecule has 0 saturated heterocycles. The monoisotopic (exact) mass is 373 g/mol. The molecule has 0 atom stereocenters. The Hall–Kier alpha value is -2.73. The summed E-state index contributed by atoms with van der Waals surface area (Å²) in [5.41, 5.74) is 1.22. The smallest absolute Gasteiger partial charge is 0.407 e. The molecule has 0 radical (unpaired) electrons. The zero-order valence-electron chi connectivity index (χ0n) is 16.0. The molecule has 0 fully saturated rings.